The average molecular weight is 273 g/mol. The van der Waals surface area contributed by atoms with Crippen LogP contribution in [-0.2, 0) is 4.74 Å². The normalized spacial score (nSPS) is 16.2. The maximum Gasteiger partial charge on any atom is 0.374 e. The van der Waals surface area contributed by atoms with E-state index in [0.717, 1.165) is 31.6 Å². The molecule has 0 radical (unpaired) electrons. The summed E-state index contributed by atoms with van der Waals surface area (Å²) >= 11 is 0. The minimum absolute atomic E-state index is 0.137. The Bertz CT molecular complexity index is 614. The average Bonchev–Trinajstić information content (AvgIpc) is 2.98. The zero-order valence-corrected chi connectivity index (χ0v) is 10.9. The van der Waals surface area contributed by atoms with Gasteiger partial charge in [-0.05, 0) is 24.3 Å². The lowest BCUT2D eigenvalue weighted by Gasteiger charge is -2.24. The van der Waals surface area contributed by atoms with E-state index in [2.05, 4.69) is 11.2 Å². The molecule has 1 aromatic carbocycles. The van der Waals surface area contributed by atoms with Crippen LogP contribution in [0.3, 0.4) is 0 Å². The fraction of sp³-hybridized carbons (Fsp3) is 0.333. The van der Waals surface area contributed by atoms with Gasteiger partial charge in [0.15, 0.2) is 0 Å². The summed E-state index contributed by atoms with van der Waals surface area (Å²) in [5, 5.41) is 12.8. The van der Waals surface area contributed by atoms with Gasteiger partial charge in [-0.2, -0.15) is 0 Å². The molecular weight excluding hydrogens is 258 g/mol. The molecule has 0 spiro atoms. The van der Waals surface area contributed by atoms with Crippen LogP contribution in [0.15, 0.2) is 34.9 Å². The standard InChI is InChI=1S/C15H15NO4/c17-15(18)14-9-13(16-20-14)12-4-2-1-3-11(12)10-5-7-19-8-6-10/h1-4,9-10H,5-8H2,(H,17,18). The number of ether oxygens (including phenoxy) is 1. The molecule has 0 bridgehead atoms. The van der Waals surface area contributed by atoms with Crippen LogP contribution in [0.1, 0.15) is 34.9 Å². The fourth-order valence-electron chi connectivity index (χ4n) is 2.60. The summed E-state index contributed by atoms with van der Waals surface area (Å²) in [4.78, 5) is 10.9. The van der Waals surface area contributed by atoms with E-state index in [-0.39, 0.29) is 5.76 Å². The van der Waals surface area contributed by atoms with Crippen molar-refractivity contribution in [1.82, 2.24) is 5.16 Å². The topological polar surface area (TPSA) is 72.6 Å². The predicted molar refractivity (Wildman–Crippen MR) is 71.7 cm³/mol. The zero-order chi connectivity index (χ0) is 13.9. The number of nitrogens with zero attached hydrogens (tertiary/aromatic N) is 1. The van der Waals surface area contributed by atoms with E-state index >= 15 is 0 Å². The number of aromatic nitrogens is 1. The van der Waals surface area contributed by atoms with Gasteiger partial charge in [-0.3, -0.25) is 0 Å². The first kappa shape index (κ1) is 12.9. The van der Waals surface area contributed by atoms with Crippen molar-refractivity contribution in [2.24, 2.45) is 0 Å². The van der Waals surface area contributed by atoms with Crippen LogP contribution in [0.4, 0.5) is 0 Å². The molecular formula is C15H15NO4. The zero-order valence-electron chi connectivity index (χ0n) is 10.9. The Balaban J connectivity index is 1.97. The van der Waals surface area contributed by atoms with Gasteiger partial charge in [0.2, 0.25) is 5.76 Å². The third-order valence-corrected chi connectivity index (χ3v) is 3.62. The molecule has 0 unspecified atom stereocenters. The van der Waals surface area contributed by atoms with E-state index < -0.39 is 5.97 Å². The van der Waals surface area contributed by atoms with E-state index in [0.29, 0.717) is 11.6 Å². The first-order valence-corrected chi connectivity index (χ1v) is 6.63. The van der Waals surface area contributed by atoms with Crippen molar-refractivity contribution in [3.63, 3.8) is 0 Å². The van der Waals surface area contributed by atoms with Crippen molar-refractivity contribution >= 4 is 5.97 Å². The van der Waals surface area contributed by atoms with E-state index in [9.17, 15) is 4.79 Å². The summed E-state index contributed by atoms with van der Waals surface area (Å²) in [5.74, 6) is -0.820. The van der Waals surface area contributed by atoms with Gasteiger partial charge in [-0.25, -0.2) is 4.79 Å². The number of carboxylic acids is 1. The molecule has 0 atom stereocenters. The molecule has 3 rings (SSSR count). The third-order valence-electron chi connectivity index (χ3n) is 3.62. The van der Waals surface area contributed by atoms with E-state index in [1.54, 1.807) is 0 Å². The Morgan fingerprint density at radius 1 is 1.25 bits per heavy atom. The lowest BCUT2D eigenvalue weighted by molar-refractivity contribution is 0.0652. The third kappa shape index (κ3) is 2.44. The second-order valence-electron chi connectivity index (χ2n) is 4.86. The van der Waals surface area contributed by atoms with Gasteiger partial charge < -0.3 is 14.4 Å². The molecule has 2 heterocycles. The molecule has 1 N–H and O–H groups in total. The Hall–Kier alpha value is -2.14. The SMILES string of the molecule is O=C(O)c1cc(-c2ccccc2C2CCOCC2)no1. The number of carbonyl (C=O) groups is 1. The van der Waals surface area contributed by atoms with Gasteiger partial charge in [-0.15, -0.1) is 0 Å². The van der Waals surface area contributed by atoms with Crippen LogP contribution in [0.5, 0.6) is 0 Å². The Morgan fingerprint density at radius 3 is 2.70 bits per heavy atom. The van der Waals surface area contributed by atoms with Crippen LogP contribution in [0.25, 0.3) is 11.3 Å². The molecule has 1 fully saturated rings. The minimum atomic E-state index is -1.10. The van der Waals surface area contributed by atoms with Gasteiger partial charge in [0, 0.05) is 24.8 Å². The highest BCUT2D eigenvalue weighted by Gasteiger charge is 2.21. The van der Waals surface area contributed by atoms with Gasteiger partial charge >= 0.3 is 5.97 Å². The predicted octanol–water partition coefficient (Wildman–Crippen LogP) is 2.93. The van der Waals surface area contributed by atoms with Crippen molar-refractivity contribution in [2.75, 3.05) is 13.2 Å². The van der Waals surface area contributed by atoms with Gasteiger partial charge in [-0.1, -0.05) is 29.4 Å². The Kier molecular flexibility index (Phi) is 3.52. The summed E-state index contributed by atoms with van der Waals surface area (Å²) in [5.41, 5.74) is 2.70. The van der Waals surface area contributed by atoms with E-state index in [1.165, 1.54) is 11.6 Å². The number of carboxylic acid groups (broad SMARTS) is 1. The first-order valence-electron chi connectivity index (χ1n) is 6.63. The highest BCUT2D eigenvalue weighted by molar-refractivity contribution is 5.85. The van der Waals surface area contributed by atoms with Crippen LogP contribution in [0, 0.1) is 0 Å². The smallest absolute Gasteiger partial charge is 0.374 e. The van der Waals surface area contributed by atoms with Crippen LogP contribution >= 0.6 is 0 Å². The molecule has 1 aliphatic heterocycles. The maximum atomic E-state index is 10.9. The van der Waals surface area contributed by atoms with Crippen molar-refractivity contribution in [1.29, 1.82) is 0 Å². The number of rotatable bonds is 3. The number of hydrogen-bond acceptors (Lipinski definition) is 4. The summed E-state index contributed by atoms with van der Waals surface area (Å²) in [6, 6.07) is 9.41. The molecule has 20 heavy (non-hydrogen) atoms. The van der Waals surface area contributed by atoms with Gasteiger partial charge in [0.25, 0.3) is 0 Å². The molecule has 1 aromatic heterocycles. The van der Waals surface area contributed by atoms with E-state index in [4.69, 9.17) is 14.4 Å². The molecule has 0 saturated carbocycles. The van der Waals surface area contributed by atoms with Crippen LogP contribution in [-0.4, -0.2) is 29.4 Å². The molecule has 0 aliphatic carbocycles. The summed E-state index contributed by atoms with van der Waals surface area (Å²) in [7, 11) is 0. The van der Waals surface area contributed by atoms with Crippen molar-refractivity contribution < 1.29 is 19.2 Å². The molecule has 0 amide bonds. The Morgan fingerprint density at radius 2 is 2.00 bits per heavy atom. The van der Waals surface area contributed by atoms with Crippen molar-refractivity contribution in [3.8, 4) is 11.3 Å². The molecule has 5 heteroatoms. The molecule has 104 valence electrons. The quantitative estimate of drug-likeness (QED) is 0.930. The van der Waals surface area contributed by atoms with Crippen LogP contribution < -0.4 is 0 Å². The molecule has 5 nitrogen and oxygen atoms in total. The maximum absolute atomic E-state index is 10.9. The fourth-order valence-corrected chi connectivity index (χ4v) is 2.60. The molecule has 2 aromatic rings. The van der Waals surface area contributed by atoms with Crippen molar-refractivity contribution in [2.45, 2.75) is 18.8 Å². The van der Waals surface area contributed by atoms with Gasteiger partial charge in [0.1, 0.15) is 5.69 Å². The highest BCUT2D eigenvalue weighted by Crippen LogP contribution is 2.34. The number of hydrogen-bond donors (Lipinski definition) is 1. The monoisotopic (exact) mass is 273 g/mol. The largest absolute Gasteiger partial charge is 0.475 e. The minimum Gasteiger partial charge on any atom is -0.475 e. The number of benzene rings is 1. The lowest BCUT2D eigenvalue weighted by Crippen LogP contribution is -2.14. The van der Waals surface area contributed by atoms with Crippen LogP contribution in [0.2, 0.25) is 0 Å². The first-order chi connectivity index (χ1) is 9.75. The molecule has 1 saturated heterocycles. The Labute approximate surface area is 116 Å². The number of aromatic carboxylic acids is 1. The highest BCUT2D eigenvalue weighted by atomic mass is 16.5. The molecule has 1 aliphatic rings. The van der Waals surface area contributed by atoms with E-state index in [1.807, 2.05) is 18.2 Å². The lowest BCUT2D eigenvalue weighted by atomic mass is 9.87. The van der Waals surface area contributed by atoms with Crippen molar-refractivity contribution in [3.05, 3.63) is 41.7 Å². The second-order valence-corrected chi connectivity index (χ2v) is 4.86. The summed E-state index contributed by atoms with van der Waals surface area (Å²) < 4.78 is 10.2. The summed E-state index contributed by atoms with van der Waals surface area (Å²) in [6.45, 7) is 1.52. The summed E-state index contributed by atoms with van der Waals surface area (Å²) in [6.07, 6.45) is 1.95. The van der Waals surface area contributed by atoms with Gasteiger partial charge in [0.05, 0.1) is 0 Å². The second kappa shape index (κ2) is 5.46.